The molecule has 0 radical (unpaired) electrons. The molecule has 0 fully saturated rings. The van der Waals surface area contributed by atoms with Crippen molar-refractivity contribution < 1.29 is 15.0 Å². The fourth-order valence-corrected chi connectivity index (χ4v) is 2.16. The van der Waals surface area contributed by atoms with Crippen LogP contribution in [0.5, 0.6) is 11.5 Å². The molecule has 0 bridgehead atoms. The molecular weight excluding hydrogens is 284 g/mol. The number of aromatic nitrogens is 1. The van der Waals surface area contributed by atoms with Gasteiger partial charge in [-0.2, -0.15) is 0 Å². The van der Waals surface area contributed by atoms with Crippen LogP contribution < -0.4 is 5.32 Å². The summed E-state index contributed by atoms with van der Waals surface area (Å²) in [7, 11) is 1.86. The molecule has 0 aliphatic heterocycles. The van der Waals surface area contributed by atoms with Crippen LogP contribution in [0.1, 0.15) is 15.4 Å². The van der Waals surface area contributed by atoms with Gasteiger partial charge in [0, 0.05) is 6.54 Å². The van der Waals surface area contributed by atoms with Crippen LogP contribution in [-0.4, -0.2) is 28.5 Å². The van der Waals surface area contributed by atoms with Crippen LogP contribution in [0, 0.1) is 4.64 Å². The standard InChI is InChI=1S/C6H5NO2S.C6H9NOS/c8-3-4-5(9)1-2-6(10)7-4;1-7-4-6-5(8)2-3-9-6/h1-3,9H,(H,7,10);2-3,7-8H,4H2,1H3. The van der Waals surface area contributed by atoms with Gasteiger partial charge in [-0.1, -0.05) is 12.2 Å². The summed E-state index contributed by atoms with van der Waals surface area (Å²) in [4.78, 5) is 13.7. The Hall–Kier alpha value is -1.70. The molecule has 0 amide bonds. The molecule has 0 unspecified atom stereocenters. The van der Waals surface area contributed by atoms with Gasteiger partial charge in [0.1, 0.15) is 21.8 Å². The third kappa shape index (κ3) is 4.82. The second-order valence-electron chi connectivity index (χ2n) is 3.50. The molecule has 0 saturated heterocycles. The Labute approximate surface area is 119 Å². The van der Waals surface area contributed by atoms with E-state index in [0.717, 1.165) is 11.4 Å². The van der Waals surface area contributed by atoms with E-state index in [2.05, 4.69) is 10.3 Å². The predicted molar refractivity (Wildman–Crippen MR) is 77.4 cm³/mol. The van der Waals surface area contributed by atoms with Crippen molar-refractivity contribution in [2.24, 2.45) is 0 Å². The number of hydrogen-bond donors (Lipinski definition) is 4. The van der Waals surface area contributed by atoms with Gasteiger partial charge in [-0.05, 0) is 30.6 Å². The summed E-state index contributed by atoms with van der Waals surface area (Å²) < 4.78 is 0.430. The van der Waals surface area contributed by atoms with Crippen LogP contribution in [0.25, 0.3) is 0 Å². The fourth-order valence-electron chi connectivity index (χ4n) is 1.20. The molecule has 7 heteroatoms. The van der Waals surface area contributed by atoms with Crippen LogP contribution >= 0.6 is 23.6 Å². The Morgan fingerprint density at radius 2 is 2.11 bits per heavy atom. The number of hydrogen-bond acceptors (Lipinski definition) is 6. The Balaban J connectivity index is 0.000000191. The van der Waals surface area contributed by atoms with E-state index >= 15 is 0 Å². The minimum absolute atomic E-state index is 0.0800. The van der Waals surface area contributed by atoms with E-state index in [0.29, 0.717) is 16.7 Å². The maximum absolute atomic E-state index is 10.1. The van der Waals surface area contributed by atoms with Gasteiger partial charge in [-0.15, -0.1) is 11.3 Å². The van der Waals surface area contributed by atoms with E-state index in [9.17, 15) is 4.79 Å². The molecule has 2 aromatic rings. The van der Waals surface area contributed by atoms with Crippen molar-refractivity contribution in [1.82, 2.24) is 10.3 Å². The van der Waals surface area contributed by atoms with Crippen LogP contribution in [0.15, 0.2) is 23.6 Å². The predicted octanol–water partition coefficient (Wildman–Crippen LogP) is 2.44. The number of aldehydes is 1. The topological polar surface area (TPSA) is 85.4 Å². The lowest BCUT2D eigenvalue weighted by molar-refractivity contribution is 0.111. The molecule has 2 aromatic heterocycles. The number of H-pyrrole nitrogens is 1. The average molecular weight is 298 g/mol. The molecule has 2 heterocycles. The minimum atomic E-state index is -0.0800. The first-order valence-electron chi connectivity index (χ1n) is 5.36. The number of aromatic hydroxyl groups is 2. The van der Waals surface area contributed by atoms with E-state index in [-0.39, 0.29) is 11.4 Å². The average Bonchev–Trinajstić information content (AvgIpc) is 2.79. The van der Waals surface area contributed by atoms with Crippen molar-refractivity contribution in [3.05, 3.63) is 38.8 Å². The molecule has 102 valence electrons. The summed E-state index contributed by atoms with van der Waals surface area (Å²) in [5, 5.41) is 22.8. The monoisotopic (exact) mass is 298 g/mol. The van der Waals surface area contributed by atoms with Crippen LogP contribution in [0.2, 0.25) is 0 Å². The molecule has 2 rings (SSSR count). The molecule has 0 spiro atoms. The summed E-state index contributed by atoms with van der Waals surface area (Å²) in [6.07, 6.45) is 0.519. The molecule has 0 aliphatic rings. The van der Waals surface area contributed by atoms with E-state index in [1.165, 1.54) is 12.1 Å². The van der Waals surface area contributed by atoms with Crippen molar-refractivity contribution in [2.75, 3.05) is 7.05 Å². The van der Waals surface area contributed by atoms with Crippen molar-refractivity contribution in [2.45, 2.75) is 6.54 Å². The molecule has 0 atom stereocenters. The van der Waals surface area contributed by atoms with Gasteiger partial charge < -0.3 is 20.5 Å². The molecule has 0 saturated carbocycles. The summed E-state index contributed by atoms with van der Waals surface area (Å²) in [5.74, 6) is 0.318. The first-order chi connectivity index (χ1) is 9.08. The highest BCUT2D eigenvalue weighted by molar-refractivity contribution is 7.71. The van der Waals surface area contributed by atoms with Crippen LogP contribution in [-0.2, 0) is 6.54 Å². The lowest BCUT2D eigenvalue weighted by atomic mass is 10.3. The van der Waals surface area contributed by atoms with Crippen molar-refractivity contribution >= 4 is 29.8 Å². The fraction of sp³-hybridized carbons (Fsp3) is 0.167. The normalized spacial score (nSPS) is 9.53. The SMILES string of the molecule is CNCc1sccc1O.O=Cc1[nH]c(=S)ccc1O. The zero-order chi connectivity index (χ0) is 14.3. The van der Waals surface area contributed by atoms with Crippen molar-refractivity contribution in [1.29, 1.82) is 0 Å². The number of carbonyl (C=O) groups is 1. The van der Waals surface area contributed by atoms with Gasteiger partial charge in [0.15, 0.2) is 6.29 Å². The summed E-state index contributed by atoms with van der Waals surface area (Å²) >= 11 is 6.26. The quantitative estimate of drug-likeness (QED) is 0.516. The van der Waals surface area contributed by atoms with E-state index in [1.54, 1.807) is 17.4 Å². The summed E-state index contributed by atoms with van der Waals surface area (Å²) in [6, 6.07) is 4.59. The highest BCUT2D eigenvalue weighted by Crippen LogP contribution is 2.22. The Morgan fingerprint density at radius 1 is 1.37 bits per heavy atom. The number of thiophene rings is 1. The Bertz CT molecular complexity index is 593. The minimum Gasteiger partial charge on any atom is -0.507 e. The first-order valence-corrected chi connectivity index (χ1v) is 6.64. The summed E-state index contributed by atoms with van der Waals surface area (Å²) in [5.41, 5.74) is 0.118. The lowest BCUT2D eigenvalue weighted by Gasteiger charge is -1.93. The number of rotatable bonds is 3. The Kier molecular flexibility index (Phi) is 6.20. The van der Waals surface area contributed by atoms with Gasteiger partial charge in [-0.3, -0.25) is 4.79 Å². The molecular formula is C12H14N2O3S2. The van der Waals surface area contributed by atoms with Gasteiger partial charge in [0.2, 0.25) is 0 Å². The van der Waals surface area contributed by atoms with Gasteiger partial charge in [-0.25, -0.2) is 0 Å². The molecule has 0 aromatic carbocycles. The van der Waals surface area contributed by atoms with E-state index in [4.69, 9.17) is 22.4 Å². The number of pyridine rings is 1. The number of aromatic amines is 1. The third-order valence-corrected chi connectivity index (χ3v) is 3.25. The Morgan fingerprint density at radius 3 is 2.58 bits per heavy atom. The van der Waals surface area contributed by atoms with Crippen molar-refractivity contribution in [3.8, 4) is 11.5 Å². The maximum atomic E-state index is 10.1. The number of nitrogens with one attached hydrogen (secondary N) is 2. The van der Waals surface area contributed by atoms with Crippen molar-refractivity contribution in [3.63, 3.8) is 0 Å². The second kappa shape index (κ2) is 7.67. The second-order valence-corrected chi connectivity index (χ2v) is 4.94. The van der Waals surface area contributed by atoms with Crippen LogP contribution in [0.4, 0.5) is 0 Å². The zero-order valence-corrected chi connectivity index (χ0v) is 11.8. The number of carbonyl (C=O) groups excluding carboxylic acids is 1. The first kappa shape index (κ1) is 15.4. The maximum Gasteiger partial charge on any atom is 0.170 e. The lowest BCUT2D eigenvalue weighted by Crippen LogP contribution is -2.02. The van der Waals surface area contributed by atoms with Crippen LogP contribution in [0.3, 0.4) is 0 Å². The molecule has 19 heavy (non-hydrogen) atoms. The van der Waals surface area contributed by atoms with Gasteiger partial charge in [0.25, 0.3) is 0 Å². The van der Waals surface area contributed by atoms with Gasteiger partial charge >= 0.3 is 0 Å². The van der Waals surface area contributed by atoms with Gasteiger partial charge in [0.05, 0.1) is 4.88 Å². The molecule has 4 N–H and O–H groups in total. The summed E-state index contributed by atoms with van der Waals surface area (Å²) in [6.45, 7) is 0.753. The third-order valence-electron chi connectivity index (χ3n) is 2.10. The highest BCUT2D eigenvalue weighted by atomic mass is 32.1. The smallest absolute Gasteiger partial charge is 0.170 e. The van der Waals surface area contributed by atoms with E-state index < -0.39 is 0 Å². The molecule has 0 aliphatic carbocycles. The molecule has 5 nitrogen and oxygen atoms in total. The highest BCUT2D eigenvalue weighted by Gasteiger charge is 1.98. The zero-order valence-electron chi connectivity index (χ0n) is 10.2. The largest absolute Gasteiger partial charge is 0.507 e. The van der Waals surface area contributed by atoms with E-state index in [1.807, 2.05) is 12.4 Å².